The maximum Gasteiger partial charge on any atom is 0.330 e. The van der Waals surface area contributed by atoms with Gasteiger partial charge in [-0.1, -0.05) is 11.6 Å². The molecule has 2 unspecified atom stereocenters. The molecule has 5 nitrogen and oxygen atoms in total. The second kappa shape index (κ2) is 4.94. The van der Waals surface area contributed by atoms with Crippen LogP contribution in [0.3, 0.4) is 0 Å². The van der Waals surface area contributed by atoms with Gasteiger partial charge in [0.1, 0.15) is 11.9 Å². The number of fused-ring (bicyclic) bond motifs is 1. The number of carboxylic acid groups (broad SMARTS) is 1. The third-order valence-electron chi connectivity index (χ3n) is 2.69. The minimum atomic E-state index is -1.01. The predicted molar refractivity (Wildman–Crippen MR) is 66.9 cm³/mol. The number of benzene rings is 1. The van der Waals surface area contributed by atoms with Gasteiger partial charge in [-0.2, -0.15) is 10.2 Å². The minimum Gasteiger partial charge on any atom is -0.488 e. The van der Waals surface area contributed by atoms with Gasteiger partial charge in [-0.15, -0.1) is 0 Å². The lowest BCUT2D eigenvalue weighted by atomic mass is 10.1. The summed E-state index contributed by atoms with van der Waals surface area (Å²) in [6.45, 7) is 3.41. The van der Waals surface area contributed by atoms with Gasteiger partial charge < -0.3 is 9.84 Å². The molecular weight excluding hydrogens is 256 g/mol. The number of nitrogens with zero attached hydrogens (tertiary/aromatic N) is 2. The van der Waals surface area contributed by atoms with Crippen molar-refractivity contribution in [2.45, 2.75) is 32.4 Å². The number of ether oxygens (including phenoxy) is 1. The Morgan fingerprint density at radius 2 is 2.33 bits per heavy atom. The van der Waals surface area contributed by atoms with Gasteiger partial charge in [0.25, 0.3) is 0 Å². The Kier molecular flexibility index (Phi) is 3.52. The van der Waals surface area contributed by atoms with Crippen molar-refractivity contribution < 1.29 is 14.6 Å². The average molecular weight is 269 g/mol. The van der Waals surface area contributed by atoms with Crippen LogP contribution < -0.4 is 4.74 Å². The van der Waals surface area contributed by atoms with Gasteiger partial charge in [0, 0.05) is 12.0 Å². The SMILES string of the molecule is CC1Cc2c(N=NC(C)C(=O)O)ccc(Cl)c2O1. The maximum absolute atomic E-state index is 10.7. The first-order chi connectivity index (χ1) is 8.49. The summed E-state index contributed by atoms with van der Waals surface area (Å²) in [5, 5.41) is 17.0. The van der Waals surface area contributed by atoms with Gasteiger partial charge in [0.05, 0.1) is 10.7 Å². The third-order valence-corrected chi connectivity index (χ3v) is 2.99. The second-order valence-electron chi connectivity index (χ2n) is 4.24. The molecule has 0 saturated carbocycles. The van der Waals surface area contributed by atoms with Gasteiger partial charge in [-0.3, -0.25) is 0 Å². The molecule has 0 amide bonds. The fourth-order valence-electron chi connectivity index (χ4n) is 1.74. The minimum absolute atomic E-state index is 0.0470. The average Bonchev–Trinajstić information content (AvgIpc) is 2.70. The number of hydrogen-bond acceptors (Lipinski definition) is 4. The number of carbonyl (C=O) groups is 1. The lowest BCUT2D eigenvalue weighted by Crippen LogP contribution is -2.11. The molecule has 1 aromatic carbocycles. The largest absolute Gasteiger partial charge is 0.488 e. The second-order valence-corrected chi connectivity index (χ2v) is 4.64. The first-order valence-electron chi connectivity index (χ1n) is 5.60. The number of carboxylic acids is 1. The quantitative estimate of drug-likeness (QED) is 0.856. The first kappa shape index (κ1) is 12.8. The highest BCUT2D eigenvalue weighted by atomic mass is 35.5. The third kappa shape index (κ3) is 2.46. The molecule has 2 atom stereocenters. The fourth-order valence-corrected chi connectivity index (χ4v) is 1.96. The zero-order chi connectivity index (χ0) is 13.3. The Labute approximate surface area is 109 Å². The van der Waals surface area contributed by atoms with Crippen LogP contribution >= 0.6 is 11.6 Å². The van der Waals surface area contributed by atoms with Crippen molar-refractivity contribution in [1.82, 2.24) is 0 Å². The normalized spacial score (nSPS) is 19.6. The van der Waals surface area contributed by atoms with E-state index < -0.39 is 12.0 Å². The Morgan fingerprint density at radius 1 is 1.61 bits per heavy atom. The first-order valence-corrected chi connectivity index (χ1v) is 5.98. The van der Waals surface area contributed by atoms with Crippen molar-refractivity contribution in [2.75, 3.05) is 0 Å². The Hall–Kier alpha value is -1.62. The van der Waals surface area contributed by atoms with Crippen LogP contribution in [-0.2, 0) is 11.2 Å². The predicted octanol–water partition coefficient (Wildman–Crippen LogP) is 3.22. The lowest BCUT2D eigenvalue weighted by molar-refractivity contribution is -0.138. The summed E-state index contributed by atoms with van der Waals surface area (Å²) in [5.41, 5.74) is 1.50. The smallest absolute Gasteiger partial charge is 0.330 e. The molecule has 0 aromatic heterocycles. The highest BCUT2D eigenvalue weighted by molar-refractivity contribution is 6.32. The summed E-state index contributed by atoms with van der Waals surface area (Å²) < 4.78 is 5.58. The Balaban J connectivity index is 2.31. The number of aliphatic carboxylic acids is 1. The van der Waals surface area contributed by atoms with Gasteiger partial charge in [0.15, 0.2) is 6.04 Å². The topological polar surface area (TPSA) is 71.2 Å². The number of hydrogen-bond donors (Lipinski definition) is 1. The monoisotopic (exact) mass is 268 g/mol. The van der Waals surface area contributed by atoms with Crippen LogP contribution in [0.2, 0.25) is 5.02 Å². The van der Waals surface area contributed by atoms with Crippen molar-refractivity contribution in [3.05, 3.63) is 22.7 Å². The van der Waals surface area contributed by atoms with Crippen LogP contribution in [0.15, 0.2) is 22.4 Å². The molecule has 0 saturated heterocycles. The van der Waals surface area contributed by atoms with Crippen molar-refractivity contribution in [1.29, 1.82) is 0 Å². The molecule has 1 aliphatic rings. The van der Waals surface area contributed by atoms with Crippen LogP contribution in [0, 0.1) is 0 Å². The number of halogens is 1. The van der Waals surface area contributed by atoms with Crippen LogP contribution in [0.25, 0.3) is 0 Å². The summed E-state index contributed by atoms with van der Waals surface area (Å²) in [4.78, 5) is 10.7. The molecule has 0 bridgehead atoms. The summed E-state index contributed by atoms with van der Waals surface area (Å²) in [6, 6.07) is 2.54. The molecule has 18 heavy (non-hydrogen) atoms. The van der Waals surface area contributed by atoms with E-state index in [9.17, 15) is 4.79 Å². The standard InChI is InChI=1S/C12H13ClN2O3/c1-6-5-8-10(15-14-7(2)12(16)17)4-3-9(13)11(8)18-6/h3-4,6-7H,5H2,1-2H3,(H,16,17). The molecule has 0 spiro atoms. The van der Waals surface area contributed by atoms with E-state index in [2.05, 4.69) is 10.2 Å². The van der Waals surface area contributed by atoms with Gasteiger partial charge in [0.2, 0.25) is 0 Å². The van der Waals surface area contributed by atoms with E-state index in [1.807, 2.05) is 6.92 Å². The molecule has 96 valence electrons. The highest BCUT2D eigenvalue weighted by Crippen LogP contribution is 2.41. The van der Waals surface area contributed by atoms with Crippen molar-refractivity contribution in [3.63, 3.8) is 0 Å². The van der Waals surface area contributed by atoms with Crippen molar-refractivity contribution in [3.8, 4) is 5.75 Å². The summed E-state index contributed by atoms with van der Waals surface area (Å²) >= 11 is 6.03. The molecule has 1 heterocycles. The zero-order valence-corrected chi connectivity index (χ0v) is 10.8. The zero-order valence-electron chi connectivity index (χ0n) is 10.1. The molecule has 2 rings (SSSR count). The molecule has 6 heteroatoms. The summed E-state index contributed by atoms with van der Waals surface area (Å²) in [5.74, 6) is -0.377. The Morgan fingerprint density at radius 3 is 3.00 bits per heavy atom. The van der Waals surface area contributed by atoms with Crippen LogP contribution in [-0.4, -0.2) is 23.2 Å². The Bertz CT molecular complexity index is 516. The summed E-state index contributed by atoms with van der Waals surface area (Å²) in [7, 11) is 0. The van der Waals surface area contributed by atoms with E-state index in [1.165, 1.54) is 6.92 Å². The van der Waals surface area contributed by atoms with Gasteiger partial charge in [-0.05, 0) is 26.0 Å². The van der Waals surface area contributed by atoms with Crippen LogP contribution in [0.4, 0.5) is 5.69 Å². The van der Waals surface area contributed by atoms with E-state index in [0.717, 1.165) is 5.56 Å². The molecule has 1 aromatic rings. The van der Waals surface area contributed by atoms with E-state index >= 15 is 0 Å². The molecule has 1 aliphatic heterocycles. The molecule has 0 aliphatic carbocycles. The maximum atomic E-state index is 10.7. The molecule has 1 N–H and O–H groups in total. The van der Waals surface area contributed by atoms with E-state index in [1.54, 1.807) is 12.1 Å². The number of rotatable bonds is 3. The fraction of sp³-hybridized carbons (Fsp3) is 0.417. The van der Waals surface area contributed by atoms with Gasteiger partial charge in [-0.25, -0.2) is 4.79 Å². The summed E-state index contributed by atoms with van der Waals surface area (Å²) in [6.07, 6.45) is 0.747. The van der Waals surface area contributed by atoms with Crippen molar-refractivity contribution >= 4 is 23.3 Å². The highest BCUT2D eigenvalue weighted by Gasteiger charge is 2.25. The molecule has 0 fully saturated rings. The molecular formula is C12H13ClN2O3. The number of azo groups is 1. The van der Waals surface area contributed by atoms with Crippen molar-refractivity contribution in [2.24, 2.45) is 10.2 Å². The van der Waals surface area contributed by atoms with Gasteiger partial charge >= 0.3 is 5.97 Å². The van der Waals surface area contributed by atoms with Crippen LogP contribution in [0.1, 0.15) is 19.4 Å². The van der Waals surface area contributed by atoms with Crippen LogP contribution in [0.5, 0.6) is 5.75 Å². The molecule has 0 radical (unpaired) electrons. The van der Waals surface area contributed by atoms with E-state index in [0.29, 0.717) is 22.9 Å². The van der Waals surface area contributed by atoms with E-state index in [-0.39, 0.29) is 6.10 Å². The lowest BCUT2D eigenvalue weighted by Gasteiger charge is -2.05. The van der Waals surface area contributed by atoms with E-state index in [4.69, 9.17) is 21.4 Å².